The van der Waals surface area contributed by atoms with E-state index in [0.29, 0.717) is 11.3 Å². The molecule has 0 aromatic heterocycles. The van der Waals surface area contributed by atoms with Crippen LogP contribution < -0.4 is 4.74 Å². The first-order chi connectivity index (χ1) is 6.88. The summed E-state index contributed by atoms with van der Waals surface area (Å²) < 4.78 is 27.4. The molecule has 0 spiro atoms. The summed E-state index contributed by atoms with van der Waals surface area (Å²) in [6.45, 7) is 3.76. The highest BCUT2D eigenvalue weighted by Gasteiger charge is 2.12. The van der Waals surface area contributed by atoms with Gasteiger partial charge in [-0.3, -0.25) is 0 Å². The molecule has 0 unspecified atom stereocenters. The van der Waals surface area contributed by atoms with E-state index in [1.807, 2.05) is 13.8 Å². The van der Waals surface area contributed by atoms with Gasteiger partial charge >= 0.3 is 0 Å². The summed E-state index contributed by atoms with van der Waals surface area (Å²) in [5.41, 5.74) is 0.584. The van der Waals surface area contributed by atoms with Gasteiger partial charge in [-0.2, -0.15) is 0 Å². The van der Waals surface area contributed by atoms with Crippen LogP contribution in [0.4, 0.5) is 0 Å². The predicted molar refractivity (Wildman–Crippen MR) is 60.7 cm³/mol. The van der Waals surface area contributed by atoms with Gasteiger partial charge in [0.2, 0.25) is 9.05 Å². The van der Waals surface area contributed by atoms with Crippen molar-refractivity contribution in [1.82, 2.24) is 0 Å². The van der Waals surface area contributed by atoms with E-state index < -0.39 is 9.05 Å². The van der Waals surface area contributed by atoms with Crippen molar-refractivity contribution in [2.75, 3.05) is 0 Å². The van der Waals surface area contributed by atoms with E-state index in [1.54, 1.807) is 24.3 Å². The van der Waals surface area contributed by atoms with Gasteiger partial charge in [-0.25, -0.2) is 8.42 Å². The van der Waals surface area contributed by atoms with Crippen molar-refractivity contribution < 1.29 is 13.2 Å². The van der Waals surface area contributed by atoms with Crippen LogP contribution in [0.15, 0.2) is 24.3 Å². The lowest BCUT2D eigenvalue weighted by Crippen LogP contribution is -2.08. The third kappa shape index (κ3) is 4.53. The summed E-state index contributed by atoms with van der Waals surface area (Å²) in [6.07, 6.45) is 0.00387. The van der Waals surface area contributed by atoms with Crippen LogP contribution in [0.5, 0.6) is 5.75 Å². The first-order valence-corrected chi connectivity index (χ1v) is 7.03. The molecular formula is C10H13ClO3S. The first kappa shape index (κ1) is 12.3. The van der Waals surface area contributed by atoms with E-state index in [2.05, 4.69) is 0 Å². The smallest absolute Gasteiger partial charge is 0.236 e. The molecule has 0 atom stereocenters. The highest BCUT2D eigenvalue weighted by molar-refractivity contribution is 8.13. The van der Waals surface area contributed by atoms with E-state index in [-0.39, 0.29) is 11.9 Å². The fourth-order valence-electron chi connectivity index (χ4n) is 1.18. The maximum atomic E-state index is 10.9. The molecule has 0 aliphatic rings. The minimum Gasteiger partial charge on any atom is -0.491 e. The van der Waals surface area contributed by atoms with E-state index in [4.69, 9.17) is 15.4 Å². The van der Waals surface area contributed by atoms with Gasteiger partial charge in [0, 0.05) is 16.2 Å². The molecule has 0 fully saturated rings. The second-order valence-corrected chi connectivity index (χ2v) is 6.23. The highest BCUT2D eigenvalue weighted by Crippen LogP contribution is 2.22. The number of ether oxygens (including phenoxy) is 1. The Morgan fingerprint density at radius 2 is 1.93 bits per heavy atom. The molecule has 0 heterocycles. The number of hydrogen-bond donors (Lipinski definition) is 0. The maximum absolute atomic E-state index is 10.9. The van der Waals surface area contributed by atoms with Crippen molar-refractivity contribution >= 4 is 19.7 Å². The molecule has 0 N–H and O–H groups in total. The van der Waals surface area contributed by atoms with Gasteiger partial charge in [-0.1, -0.05) is 18.2 Å². The summed E-state index contributed by atoms with van der Waals surface area (Å²) in [6, 6.07) is 6.97. The minimum absolute atomic E-state index is 0.00387. The van der Waals surface area contributed by atoms with Gasteiger partial charge in [0.15, 0.2) is 0 Å². The standard InChI is InChI=1S/C10H13ClO3S/c1-8(2)14-10-6-4-3-5-9(10)7-15(11,12)13/h3-6,8H,7H2,1-2H3. The van der Waals surface area contributed by atoms with Crippen molar-refractivity contribution in [2.24, 2.45) is 0 Å². The van der Waals surface area contributed by atoms with E-state index >= 15 is 0 Å². The molecule has 15 heavy (non-hydrogen) atoms. The summed E-state index contributed by atoms with van der Waals surface area (Å²) in [4.78, 5) is 0. The van der Waals surface area contributed by atoms with Gasteiger partial charge in [-0.05, 0) is 19.9 Å². The Morgan fingerprint density at radius 3 is 2.47 bits per heavy atom. The Morgan fingerprint density at radius 1 is 1.33 bits per heavy atom. The molecule has 0 radical (unpaired) electrons. The second-order valence-electron chi connectivity index (χ2n) is 3.46. The zero-order valence-electron chi connectivity index (χ0n) is 8.60. The van der Waals surface area contributed by atoms with Crippen LogP contribution in [0, 0.1) is 0 Å². The Balaban J connectivity index is 2.96. The molecule has 0 saturated carbocycles. The number of hydrogen-bond acceptors (Lipinski definition) is 3. The Hall–Kier alpha value is -0.740. The lowest BCUT2D eigenvalue weighted by molar-refractivity contribution is 0.240. The first-order valence-electron chi connectivity index (χ1n) is 4.55. The van der Waals surface area contributed by atoms with Gasteiger partial charge in [-0.15, -0.1) is 0 Å². The quantitative estimate of drug-likeness (QED) is 0.769. The lowest BCUT2D eigenvalue weighted by atomic mass is 10.2. The monoisotopic (exact) mass is 248 g/mol. The molecule has 84 valence electrons. The van der Waals surface area contributed by atoms with Crippen molar-refractivity contribution in [2.45, 2.75) is 25.7 Å². The Kier molecular flexibility index (Phi) is 3.99. The fourth-order valence-corrected chi connectivity index (χ4v) is 2.14. The van der Waals surface area contributed by atoms with E-state index in [0.717, 1.165) is 0 Å². The molecule has 1 aromatic carbocycles. The van der Waals surface area contributed by atoms with Gasteiger partial charge in [0.25, 0.3) is 0 Å². The molecule has 0 aliphatic heterocycles. The van der Waals surface area contributed by atoms with Crippen LogP contribution in [0.1, 0.15) is 19.4 Å². The molecule has 3 nitrogen and oxygen atoms in total. The maximum Gasteiger partial charge on any atom is 0.236 e. The largest absolute Gasteiger partial charge is 0.491 e. The molecule has 0 saturated heterocycles. The van der Waals surface area contributed by atoms with Crippen LogP contribution >= 0.6 is 10.7 Å². The molecule has 1 rings (SSSR count). The molecule has 0 aliphatic carbocycles. The fraction of sp³-hybridized carbons (Fsp3) is 0.400. The Bertz CT molecular complexity index is 426. The number of rotatable bonds is 4. The van der Waals surface area contributed by atoms with Crippen molar-refractivity contribution in [3.05, 3.63) is 29.8 Å². The van der Waals surface area contributed by atoms with Crippen molar-refractivity contribution in [3.8, 4) is 5.75 Å². The topological polar surface area (TPSA) is 43.4 Å². The van der Waals surface area contributed by atoms with Crippen molar-refractivity contribution in [3.63, 3.8) is 0 Å². The molecule has 0 bridgehead atoms. The van der Waals surface area contributed by atoms with Crippen LogP contribution in [0.25, 0.3) is 0 Å². The van der Waals surface area contributed by atoms with Crippen LogP contribution in [0.2, 0.25) is 0 Å². The van der Waals surface area contributed by atoms with Gasteiger partial charge in [0.05, 0.1) is 11.9 Å². The summed E-state index contributed by atoms with van der Waals surface area (Å²) >= 11 is 0. The number of benzene rings is 1. The minimum atomic E-state index is -3.54. The highest BCUT2D eigenvalue weighted by atomic mass is 35.7. The van der Waals surface area contributed by atoms with E-state index in [1.165, 1.54) is 0 Å². The average Bonchev–Trinajstić information content (AvgIpc) is 2.05. The SMILES string of the molecule is CC(C)Oc1ccccc1CS(=O)(=O)Cl. The lowest BCUT2D eigenvalue weighted by Gasteiger charge is -2.13. The van der Waals surface area contributed by atoms with Crippen LogP contribution in [-0.4, -0.2) is 14.5 Å². The summed E-state index contributed by atoms with van der Waals surface area (Å²) in [5.74, 6) is 0.356. The van der Waals surface area contributed by atoms with Gasteiger partial charge < -0.3 is 4.74 Å². The molecule has 0 amide bonds. The third-order valence-electron chi connectivity index (χ3n) is 1.66. The Labute approximate surface area is 94.4 Å². The zero-order valence-corrected chi connectivity index (χ0v) is 10.2. The molecular weight excluding hydrogens is 236 g/mol. The average molecular weight is 249 g/mol. The predicted octanol–water partition coefficient (Wildman–Crippen LogP) is 2.54. The third-order valence-corrected chi connectivity index (χ3v) is 2.65. The van der Waals surface area contributed by atoms with Crippen LogP contribution in [-0.2, 0) is 14.8 Å². The number of halogens is 1. The second kappa shape index (κ2) is 4.86. The van der Waals surface area contributed by atoms with Gasteiger partial charge in [0.1, 0.15) is 5.75 Å². The molecule has 5 heteroatoms. The summed E-state index contributed by atoms with van der Waals surface area (Å²) in [7, 11) is 1.65. The number of para-hydroxylation sites is 1. The normalized spacial score (nSPS) is 11.7. The summed E-state index contributed by atoms with van der Waals surface area (Å²) in [5, 5.41) is 0. The van der Waals surface area contributed by atoms with Crippen LogP contribution in [0.3, 0.4) is 0 Å². The molecule has 1 aromatic rings. The zero-order chi connectivity index (χ0) is 11.5. The van der Waals surface area contributed by atoms with E-state index in [9.17, 15) is 8.42 Å². The van der Waals surface area contributed by atoms with Crippen molar-refractivity contribution in [1.29, 1.82) is 0 Å².